The van der Waals surface area contributed by atoms with Gasteiger partial charge in [-0.05, 0) is 43.5 Å². The summed E-state index contributed by atoms with van der Waals surface area (Å²) in [7, 11) is -4.51. The summed E-state index contributed by atoms with van der Waals surface area (Å²) in [5, 5.41) is 2.85. The van der Waals surface area contributed by atoms with Crippen molar-refractivity contribution in [3.05, 3.63) is 24.3 Å². The van der Waals surface area contributed by atoms with E-state index < -0.39 is 16.1 Å². The van der Waals surface area contributed by atoms with Crippen molar-refractivity contribution in [3.63, 3.8) is 0 Å². The molecule has 0 spiro atoms. The van der Waals surface area contributed by atoms with Gasteiger partial charge in [0.15, 0.2) is 0 Å². The number of nitrogens with one attached hydrogen (secondary N) is 1. The van der Waals surface area contributed by atoms with Gasteiger partial charge in [-0.3, -0.25) is 9.59 Å². The summed E-state index contributed by atoms with van der Waals surface area (Å²) in [5.74, 6) is -0.216. The van der Waals surface area contributed by atoms with E-state index in [9.17, 15) is 22.6 Å². The van der Waals surface area contributed by atoms with Crippen LogP contribution in [0.1, 0.15) is 71.1 Å². The third-order valence-electron chi connectivity index (χ3n) is 4.23. The van der Waals surface area contributed by atoms with Crippen molar-refractivity contribution in [1.82, 2.24) is 5.32 Å². The summed E-state index contributed by atoms with van der Waals surface area (Å²) in [6, 6.07) is 4.74. The molecule has 0 fully saturated rings. The number of amides is 1. The molecule has 1 aromatic rings. The van der Waals surface area contributed by atoms with Gasteiger partial charge in [-0.15, -0.1) is 0 Å². The first-order valence-electron chi connectivity index (χ1n) is 9.86. The van der Waals surface area contributed by atoms with Crippen molar-refractivity contribution in [2.75, 3.05) is 6.54 Å². The van der Waals surface area contributed by atoms with E-state index in [1.54, 1.807) is 0 Å². The van der Waals surface area contributed by atoms with E-state index in [0.29, 0.717) is 25.8 Å². The Morgan fingerprint density at radius 3 is 2.14 bits per heavy atom. The van der Waals surface area contributed by atoms with Crippen LogP contribution in [0.25, 0.3) is 0 Å². The molecular weight excluding hydrogens is 405 g/mol. The maximum atomic E-state index is 11.8. The van der Waals surface area contributed by atoms with Crippen LogP contribution >= 0.6 is 0 Å². The number of ether oxygens (including phenoxy) is 1. The van der Waals surface area contributed by atoms with Crippen LogP contribution in [0.4, 0.5) is 0 Å². The number of esters is 1. The zero-order valence-electron chi connectivity index (χ0n) is 17.4. The molecule has 0 saturated heterocycles. The van der Waals surface area contributed by atoms with Crippen LogP contribution in [0.5, 0.6) is 5.75 Å². The van der Waals surface area contributed by atoms with Crippen molar-refractivity contribution in [2.24, 2.45) is 0 Å². The molecule has 0 unspecified atom stereocenters. The summed E-state index contributed by atoms with van der Waals surface area (Å²) in [6.45, 7) is 2.70. The molecule has 0 radical (unpaired) electrons. The number of rotatable bonds is 14. The third kappa shape index (κ3) is 13.8. The van der Waals surface area contributed by atoms with E-state index in [1.807, 2.05) is 0 Å². The minimum atomic E-state index is -4.51. The van der Waals surface area contributed by atoms with E-state index in [-0.39, 0.29) is 52.5 Å². The predicted octanol–water partition coefficient (Wildman–Crippen LogP) is 0.537. The second-order valence-electron chi connectivity index (χ2n) is 6.72. The first kappa shape index (κ1) is 28.1. The first-order chi connectivity index (χ1) is 13.3. The van der Waals surface area contributed by atoms with Gasteiger partial charge in [0.2, 0.25) is 5.91 Å². The van der Waals surface area contributed by atoms with E-state index in [4.69, 9.17) is 4.74 Å². The second kappa shape index (κ2) is 15.8. The standard InChI is InChI=1S/C20H31NO6S.Na/c1-2-3-4-5-6-7-10-19(22)21-16-9-8-11-20(23)27-17-12-14-18(15-13-17)28(24,25)26;/h12-15H,2-11,16H2,1H3,(H,21,22)(H,24,25,26);/q;+1/p-1. The van der Waals surface area contributed by atoms with Crippen LogP contribution in [0.15, 0.2) is 29.2 Å². The SMILES string of the molecule is CCCCCCCCC(=O)NCCCCC(=O)Oc1ccc(S(=O)(=O)[O-])cc1.[Na+]. The topological polar surface area (TPSA) is 113 Å². The molecule has 0 aromatic heterocycles. The molecule has 29 heavy (non-hydrogen) atoms. The van der Waals surface area contributed by atoms with Crippen LogP contribution in [-0.4, -0.2) is 31.4 Å². The molecule has 1 aromatic carbocycles. The summed E-state index contributed by atoms with van der Waals surface area (Å²) in [4.78, 5) is 23.1. The van der Waals surface area contributed by atoms with Gasteiger partial charge in [0.1, 0.15) is 15.9 Å². The Morgan fingerprint density at radius 2 is 1.52 bits per heavy atom. The number of hydrogen-bond donors (Lipinski definition) is 1. The van der Waals surface area contributed by atoms with Gasteiger partial charge in [0.05, 0.1) is 4.90 Å². The molecule has 0 atom stereocenters. The Bertz CT molecular complexity index is 706. The van der Waals surface area contributed by atoms with Crippen molar-refractivity contribution < 1.29 is 56.9 Å². The van der Waals surface area contributed by atoms with Gasteiger partial charge in [-0.25, -0.2) is 8.42 Å². The Balaban J connectivity index is 0.00000784. The Kier molecular flexibility index (Phi) is 15.3. The largest absolute Gasteiger partial charge is 1.00 e. The van der Waals surface area contributed by atoms with E-state index in [0.717, 1.165) is 25.0 Å². The van der Waals surface area contributed by atoms with Crippen LogP contribution in [0, 0.1) is 0 Å². The van der Waals surface area contributed by atoms with Gasteiger partial charge in [-0.2, -0.15) is 0 Å². The monoisotopic (exact) mass is 435 g/mol. The van der Waals surface area contributed by atoms with Gasteiger partial charge in [0, 0.05) is 19.4 Å². The molecule has 0 saturated carbocycles. The molecule has 9 heteroatoms. The maximum absolute atomic E-state index is 11.8. The Hall–Kier alpha value is -0.930. The first-order valence-corrected chi connectivity index (χ1v) is 11.3. The molecule has 0 aliphatic rings. The summed E-state index contributed by atoms with van der Waals surface area (Å²) in [6.07, 6.45) is 8.85. The zero-order chi connectivity index (χ0) is 20.8. The third-order valence-corrected chi connectivity index (χ3v) is 5.08. The van der Waals surface area contributed by atoms with Crippen LogP contribution < -0.4 is 39.6 Å². The smallest absolute Gasteiger partial charge is 0.744 e. The zero-order valence-corrected chi connectivity index (χ0v) is 20.3. The number of hydrogen-bond acceptors (Lipinski definition) is 6. The molecule has 0 aliphatic carbocycles. The fourth-order valence-corrected chi connectivity index (χ4v) is 3.10. The number of unbranched alkanes of at least 4 members (excludes halogenated alkanes) is 6. The summed E-state index contributed by atoms with van der Waals surface area (Å²) >= 11 is 0. The molecule has 1 N–H and O–H groups in total. The Morgan fingerprint density at radius 1 is 0.931 bits per heavy atom. The molecular formula is C20H30NNaO6S. The maximum Gasteiger partial charge on any atom is 1.00 e. The van der Waals surface area contributed by atoms with Gasteiger partial charge in [-0.1, -0.05) is 39.0 Å². The van der Waals surface area contributed by atoms with Crippen molar-refractivity contribution >= 4 is 22.0 Å². The molecule has 0 heterocycles. The van der Waals surface area contributed by atoms with Gasteiger partial charge >= 0.3 is 35.5 Å². The minimum Gasteiger partial charge on any atom is -0.744 e. The average Bonchev–Trinajstić information content (AvgIpc) is 2.64. The second-order valence-corrected chi connectivity index (χ2v) is 8.10. The molecule has 158 valence electrons. The van der Waals surface area contributed by atoms with Crippen molar-refractivity contribution in [2.45, 2.75) is 76.0 Å². The molecule has 1 rings (SSSR count). The van der Waals surface area contributed by atoms with Crippen LogP contribution in [0.3, 0.4) is 0 Å². The molecule has 7 nitrogen and oxygen atoms in total. The fourth-order valence-electron chi connectivity index (χ4n) is 2.63. The number of benzene rings is 1. The van der Waals surface area contributed by atoms with Crippen LogP contribution in [-0.2, 0) is 19.7 Å². The van der Waals surface area contributed by atoms with Crippen LogP contribution in [0.2, 0.25) is 0 Å². The molecule has 0 bridgehead atoms. The summed E-state index contributed by atoms with van der Waals surface area (Å²) < 4.78 is 37.6. The summed E-state index contributed by atoms with van der Waals surface area (Å²) in [5.41, 5.74) is 0. The normalized spacial score (nSPS) is 10.8. The number of carbonyl (C=O) groups is 2. The average molecular weight is 436 g/mol. The molecule has 1 amide bonds. The predicted molar refractivity (Wildman–Crippen MR) is 105 cm³/mol. The Labute approximate surface area is 196 Å². The number of carbonyl (C=O) groups excluding carboxylic acids is 2. The van der Waals surface area contributed by atoms with Gasteiger partial charge < -0.3 is 14.6 Å². The van der Waals surface area contributed by atoms with E-state index in [1.165, 1.54) is 37.8 Å². The fraction of sp³-hybridized carbons (Fsp3) is 0.600. The molecule has 0 aliphatic heterocycles. The van der Waals surface area contributed by atoms with Crippen molar-refractivity contribution in [1.29, 1.82) is 0 Å². The van der Waals surface area contributed by atoms with E-state index >= 15 is 0 Å². The van der Waals surface area contributed by atoms with Crippen molar-refractivity contribution in [3.8, 4) is 5.75 Å². The van der Waals surface area contributed by atoms with Gasteiger partial charge in [0.25, 0.3) is 0 Å². The van der Waals surface area contributed by atoms with E-state index in [2.05, 4.69) is 12.2 Å². The quantitative estimate of drug-likeness (QED) is 0.150. The minimum absolute atomic E-state index is 0.